The summed E-state index contributed by atoms with van der Waals surface area (Å²) in [6.45, 7) is 0. The van der Waals surface area contributed by atoms with Gasteiger partial charge in [0.1, 0.15) is 5.01 Å². The minimum absolute atomic E-state index is 0.0553. The van der Waals surface area contributed by atoms with Crippen LogP contribution >= 0.6 is 22.9 Å². The number of halogens is 4. The van der Waals surface area contributed by atoms with E-state index in [1.54, 1.807) is 0 Å². The lowest BCUT2D eigenvalue weighted by molar-refractivity contribution is 0.449. The van der Waals surface area contributed by atoms with Crippen LogP contribution in [0, 0.1) is 17.5 Å². The number of hydrogen-bond acceptors (Lipinski definition) is 2. The van der Waals surface area contributed by atoms with E-state index in [1.807, 2.05) is 0 Å². The van der Waals surface area contributed by atoms with Gasteiger partial charge in [-0.15, -0.1) is 22.9 Å². The van der Waals surface area contributed by atoms with Crippen LogP contribution in [0.4, 0.5) is 13.2 Å². The molecule has 0 aliphatic rings. The lowest BCUT2D eigenvalue weighted by Gasteiger charge is -2.00. The van der Waals surface area contributed by atoms with Gasteiger partial charge < -0.3 is 0 Å². The summed E-state index contributed by atoms with van der Waals surface area (Å²) in [5.74, 6) is -3.67. The molecule has 0 radical (unpaired) electrons. The molecule has 0 N–H and O–H groups in total. The highest BCUT2D eigenvalue weighted by Gasteiger charge is 2.16. The van der Waals surface area contributed by atoms with Gasteiger partial charge in [-0.25, -0.2) is 18.2 Å². The topological polar surface area (TPSA) is 12.9 Å². The Bertz CT molecular complexity index is 527. The second-order valence-electron chi connectivity index (χ2n) is 2.99. The summed E-state index contributed by atoms with van der Waals surface area (Å²) in [5, 5.41) is 0.284. The molecule has 1 aromatic carbocycles. The Morgan fingerprint density at radius 3 is 2.56 bits per heavy atom. The summed E-state index contributed by atoms with van der Waals surface area (Å²) >= 11 is 6.71. The minimum Gasteiger partial charge on any atom is -0.244 e. The molecule has 0 spiro atoms. The van der Waals surface area contributed by atoms with E-state index in [1.165, 1.54) is 6.20 Å². The molecule has 1 heterocycles. The SMILES string of the molecule is Fc1ccc(-c2ncc(CCl)s2)c(F)c1F. The normalized spacial score (nSPS) is 10.8. The van der Waals surface area contributed by atoms with Crippen LogP contribution in [0.1, 0.15) is 4.88 Å². The monoisotopic (exact) mass is 263 g/mol. The van der Waals surface area contributed by atoms with Crippen molar-refractivity contribution in [1.29, 1.82) is 0 Å². The first-order valence-corrected chi connectivity index (χ1v) is 5.63. The maximum Gasteiger partial charge on any atom is 0.195 e. The van der Waals surface area contributed by atoms with Gasteiger partial charge in [-0.2, -0.15) is 0 Å². The molecule has 0 bridgehead atoms. The Kier molecular flexibility index (Phi) is 3.16. The van der Waals surface area contributed by atoms with Crippen molar-refractivity contribution in [3.05, 3.63) is 40.7 Å². The van der Waals surface area contributed by atoms with Gasteiger partial charge in [0.15, 0.2) is 17.5 Å². The molecule has 2 rings (SSSR count). The van der Waals surface area contributed by atoms with E-state index >= 15 is 0 Å². The molecule has 84 valence electrons. The molecule has 0 saturated carbocycles. The van der Waals surface area contributed by atoms with E-state index in [2.05, 4.69) is 4.98 Å². The molecule has 2 aromatic rings. The van der Waals surface area contributed by atoms with Crippen molar-refractivity contribution in [2.45, 2.75) is 5.88 Å². The predicted octanol–water partition coefficient (Wildman–Crippen LogP) is 3.97. The molecule has 0 amide bonds. The van der Waals surface area contributed by atoms with E-state index in [9.17, 15) is 13.2 Å². The largest absolute Gasteiger partial charge is 0.244 e. The highest BCUT2D eigenvalue weighted by molar-refractivity contribution is 7.15. The summed E-state index contributed by atoms with van der Waals surface area (Å²) in [6.07, 6.45) is 1.48. The summed E-state index contributed by atoms with van der Waals surface area (Å²) < 4.78 is 39.0. The van der Waals surface area contributed by atoms with Crippen LogP contribution in [0.15, 0.2) is 18.3 Å². The number of rotatable bonds is 2. The predicted molar refractivity (Wildman–Crippen MR) is 57.0 cm³/mol. The molecule has 0 saturated heterocycles. The number of aromatic nitrogens is 1. The molecule has 0 aliphatic carbocycles. The molecule has 16 heavy (non-hydrogen) atoms. The first-order chi connectivity index (χ1) is 7.63. The van der Waals surface area contributed by atoms with Gasteiger partial charge in [0.2, 0.25) is 0 Å². The summed E-state index contributed by atoms with van der Waals surface area (Å²) in [7, 11) is 0. The van der Waals surface area contributed by atoms with E-state index in [0.717, 1.165) is 28.3 Å². The average Bonchev–Trinajstić information content (AvgIpc) is 2.74. The van der Waals surface area contributed by atoms with Crippen LogP contribution in [0.5, 0.6) is 0 Å². The van der Waals surface area contributed by atoms with Crippen molar-refractivity contribution >= 4 is 22.9 Å². The fourth-order valence-electron chi connectivity index (χ4n) is 1.18. The van der Waals surface area contributed by atoms with Crippen LogP contribution in [0.3, 0.4) is 0 Å². The zero-order valence-electron chi connectivity index (χ0n) is 7.81. The molecule has 1 nitrogen and oxygen atoms in total. The molecule has 0 unspecified atom stereocenters. The summed E-state index contributed by atoms with van der Waals surface area (Å²) in [6, 6.07) is 2.03. The summed E-state index contributed by atoms with van der Waals surface area (Å²) in [4.78, 5) is 4.63. The van der Waals surface area contributed by atoms with Gasteiger partial charge in [-0.3, -0.25) is 0 Å². The second-order valence-corrected chi connectivity index (χ2v) is 4.37. The van der Waals surface area contributed by atoms with Gasteiger partial charge in [-0.05, 0) is 12.1 Å². The molecule has 1 aromatic heterocycles. The van der Waals surface area contributed by atoms with E-state index in [-0.39, 0.29) is 16.5 Å². The van der Waals surface area contributed by atoms with Gasteiger partial charge >= 0.3 is 0 Å². The fraction of sp³-hybridized carbons (Fsp3) is 0.100. The maximum atomic E-state index is 13.4. The van der Waals surface area contributed by atoms with Crippen molar-refractivity contribution < 1.29 is 13.2 Å². The van der Waals surface area contributed by atoms with Gasteiger partial charge in [0.25, 0.3) is 0 Å². The quantitative estimate of drug-likeness (QED) is 0.590. The number of benzene rings is 1. The first kappa shape index (κ1) is 11.4. The van der Waals surface area contributed by atoms with Crippen LogP contribution in [-0.4, -0.2) is 4.98 Å². The number of alkyl halides is 1. The zero-order valence-corrected chi connectivity index (χ0v) is 9.38. The molecule has 6 heteroatoms. The van der Waals surface area contributed by atoms with Crippen molar-refractivity contribution in [2.75, 3.05) is 0 Å². The van der Waals surface area contributed by atoms with Gasteiger partial charge in [0.05, 0.1) is 5.88 Å². The molecule has 0 atom stereocenters. The molecular weight excluding hydrogens is 259 g/mol. The van der Waals surface area contributed by atoms with Gasteiger partial charge in [0, 0.05) is 16.6 Å². The van der Waals surface area contributed by atoms with Gasteiger partial charge in [-0.1, -0.05) is 0 Å². The Morgan fingerprint density at radius 1 is 1.19 bits per heavy atom. The first-order valence-electron chi connectivity index (χ1n) is 4.28. The summed E-state index contributed by atoms with van der Waals surface area (Å²) in [5.41, 5.74) is -0.0553. The van der Waals surface area contributed by atoms with Crippen molar-refractivity contribution in [3.63, 3.8) is 0 Å². The lowest BCUT2D eigenvalue weighted by atomic mass is 10.2. The Balaban J connectivity index is 2.52. The van der Waals surface area contributed by atoms with E-state index in [0.29, 0.717) is 0 Å². The average molecular weight is 264 g/mol. The second kappa shape index (κ2) is 4.43. The fourth-order valence-corrected chi connectivity index (χ4v) is 2.20. The maximum absolute atomic E-state index is 13.4. The molecular formula is C10H5ClF3NS. The standard InChI is InChI=1S/C10H5ClF3NS/c11-3-5-4-15-10(16-5)6-1-2-7(12)9(14)8(6)13/h1-2,4H,3H2. The number of thiazole rings is 1. The van der Waals surface area contributed by atoms with E-state index in [4.69, 9.17) is 11.6 Å². The van der Waals surface area contributed by atoms with Crippen LogP contribution < -0.4 is 0 Å². The Labute approximate surface area is 98.5 Å². The lowest BCUT2D eigenvalue weighted by Crippen LogP contribution is -1.93. The third-order valence-corrected chi connectivity index (χ3v) is 3.43. The molecule has 0 fully saturated rings. The Hall–Kier alpha value is -1.07. The highest BCUT2D eigenvalue weighted by Crippen LogP contribution is 2.29. The molecule has 0 aliphatic heterocycles. The van der Waals surface area contributed by atoms with Crippen molar-refractivity contribution in [1.82, 2.24) is 4.98 Å². The third-order valence-electron chi connectivity index (χ3n) is 1.95. The zero-order chi connectivity index (χ0) is 11.7. The number of hydrogen-bond donors (Lipinski definition) is 0. The highest BCUT2D eigenvalue weighted by atomic mass is 35.5. The van der Waals surface area contributed by atoms with Crippen LogP contribution in [-0.2, 0) is 5.88 Å². The minimum atomic E-state index is -1.49. The van der Waals surface area contributed by atoms with Crippen LogP contribution in [0.2, 0.25) is 0 Å². The smallest absolute Gasteiger partial charge is 0.195 e. The van der Waals surface area contributed by atoms with Crippen molar-refractivity contribution in [3.8, 4) is 10.6 Å². The third kappa shape index (κ3) is 1.92. The van der Waals surface area contributed by atoms with E-state index < -0.39 is 17.5 Å². The Morgan fingerprint density at radius 2 is 1.94 bits per heavy atom. The number of nitrogens with zero attached hydrogens (tertiary/aromatic N) is 1. The van der Waals surface area contributed by atoms with Crippen LogP contribution in [0.25, 0.3) is 10.6 Å². The van der Waals surface area contributed by atoms with Crippen molar-refractivity contribution in [2.24, 2.45) is 0 Å².